The maximum absolute atomic E-state index is 5.52. The largest absolute Gasteiger partial charge is 0.330 e. The van der Waals surface area contributed by atoms with E-state index in [9.17, 15) is 0 Å². The summed E-state index contributed by atoms with van der Waals surface area (Å²) >= 11 is 0. The highest BCUT2D eigenvalue weighted by molar-refractivity contribution is 4.81. The van der Waals surface area contributed by atoms with Crippen molar-refractivity contribution >= 4 is 0 Å². The van der Waals surface area contributed by atoms with E-state index >= 15 is 0 Å². The Balaban J connectivity index is 2.30. The van der Waals surface area contributed by atoms with Crippen LogP contribution >= 0.6 is 0 Å². The molecule has 1 saturated heterocycles. The highest BCUT2D eigenvalue weighted by Crippen LogP contribution is 2.19. The van der Waals surface area contributed by atoms with Crippen LogP contribution in [0.1, 0.15) is 26.2 Å². The molecule has 0 aromatic rings. The van der Waals surface area contributed by atoms with Gasteiger partial charge in [0.05, 0.1) is 0 Å². The van der Waals surface area contributed by atoms with Gasteiger partial charge in [-0.3, -0.25) is 0 Å². The van der Waals surface area contributed by atoms with Crippen molar-refractivity contribution < 1.29 is 0 Å². The average Bonchev–Trinajstić information content (AvgIpc) is 2.18. The second-order valence-corrected chi connectivity index (χ2v) is 4.63. The molecule has 0 radical (unpaired) electrons. The fourth-order valence-corrected chi connectivity index (χ4v) is 2.19. The number of hydrogen-bond acceptors (Lipinski definition) is 3. The number of nitrogens with zero attached hydrogens (tertiary/aromatic N) is 2. The van der Waals surface area contributed by atoms with Crippen molar-refractivity contribution in [3.63, 3.8) is 0 Å². The fourth-order valence-electron chi connectivity index (χ4n) is 2.19. The summed E-state index contributed by atoms with van der Waals surface area (Å²) in [6.07, 6.45) is 3.73. The van der Waals surface area contributed by atoms with Crippen molar-refractivity contribution in [2.75, 3.05) is 33.7 Å². The molecule has 1 rings (SSSR count). The van der Waals surface area contributed by atoms with Gasteiger partial charge in [0.25, 0.3) is 0 Å². The van der Waals surface area contributed by atoms with Gasteiger partial charge in [-0.25, -0.2) is 0 Å². The lowest BCUT2D eigenvalue weighted by Gasteiger charge is -2.39. The van der Waals surface area contributed by atoms with Gasteiger partial charge in [0.2, 0.25) is 0 Å². The Labute approximate surface area is 88.2 Å². The highest BCUT2D eigenvalue weighted by atomic mass is 15.2. The summed E-state index contributed by atoms with van der Waals surface area (Å²) in [7, 11) is 4.46. The van der Waals surface area contributed by atoms with Crippen LogP contribution in [0.4, 0.5) is 0 Å². The molecular formula is C11H25N3. The molecule has 14 heavy (non-hydrogen) atoms. The molecule has 0 aromatic heterocycles. The van der Waals surface area contributed by atoms with Crippen molar-refractivity contribution in [1.29, 1.82) is 0 Å². The molecule has 0 aromatic carbocycles. The minimum absolute atomic E-state index is 0.731. The van der Waals surface area contributed by atoms with Crippen LogP contribution in [0.15, 0.2) is 0 Å². The van der Waals surface area contributed by atoms with Gasteiger partial charge in [0, 0.05) is 12.1 Å². The van der Waals surface area contributed by atoms with E-state index in [-0.39, 0.29) is 0 Å². The van der Waals surface area contributed by atoms with Crippen LogP contribution in [0.3, 0.4) is 0 Å². The molecule has 0 spiro atoms. The third kappa shape index (κ3) is 3.23. The van der Waals surface area contributed by atoms with Gasteiger partial charge in [0.1, 0.15) is 0 Å². The minimum atomic E-state index is 0.731. The zero-order chi connectivity index (χ0) is 10.6. The SMILES string of the molecule is CC1CC(N(C)CCCN)CCN1C. The van der Waals surface area contributed by atoms with E-state index in [0.29, 0.717) is 0 Å². The van der Waals surface area contributed by atoms with E-state index in [1.54, 1.807) is 0 Å². The zero-order valence-corrected chi connectivity index (χ0v) is 9.87. The Morgan fingerprint density at radius 1 is 1.50 bits per heavy atom. The third-order valence-corrected chi connectivity index (χ3v) is 3.52. The van der Waals surface area contributed by atoms with Crippen LogP contribution in [-0.4, -0.2) is 55.6 Å². The number of hydrogen-bond donors (Lipinski definition) is 1. The Kier molecular flexibility index (Phi) is 4.85. The van der Waals surface area contributed by atoms with Crippen LogP contribution in [-0.2, 0) is 0 Å². The Bertz CT molecular complexity index is 161. The topological polar surface area (TPSA) is 32.5 Å². The number of rotatable bonds is 4. The molecule has 1 heterocycles. The van der Waals surface area contributed by atoms with Crippen LogP contribution in [0.2, 0.25) is 0 Å². The third-order valence-electron chi connectivity index (χ3n) is 3.52. The lowest BCUT2D eigenvalue weighted by molar-refractivity contribution is 0.104. The number of nitrogens with two attached hydrogens (primary N) is 1. The van der Waals surface area contributed by atoms with Crippen molar-refractivity contribution in [2.24, 2.45) is 5.73 Å². The zero-order valence-electron chi connectivity index (χ0n) is 9.87. The summed E-state index contributed by atoms with van der Waals surface area (Å²) in [6, 6.07) is 1.50. The Morgan fingerprint density at radius 2 is 2.21 bits per heavy atom. The first kappa shape index (κ1) is 12.0. The molecule has 0 saturated carbocycles. The van der Waals surface area contributed by atoms with E-state index in [0.717, 1.165) is 31.6 Å². The van der Waals surface area contributed by atoms with Gasteiger partial charge in [-0.1, -0.05) is 0 Å². The first-order valence-corrected chi connectivity index (χ1v) is 5.75. The summed E-state index contributed by atoms with van der Waals surface area (Å²) in [4.78, 5) is 4.93. The van der Waals surface area contributed by atoms with Gasteiger partial charge in [-0.05, 0) is 59.9 Å². The first-order chi connectivity index (χ1) is 6.65. The smallest absolute Gasteiger partial charge is 0.0119 e. The van der Waals surface area contributed by atoms with E-state index in [2.05, 4.69) is 30.8 Å². The molecule has 84 valence electrons. The average molecular weight is 199 g/mol. The van der Waals surface area contributed by atoms with Crippen molar-refractivity contribution in [1.82, 2.24) is 9.80 Å². The van der Waals surface area contributed by atoms with E-state index in [1.165, 1.54) is 19.4 Å². The molecule has 0 bridgehead atoms. The maximum Gasteiger partial charge on any atom is 0.0119 e. The second-order valence-electron chi connectivity index (χ2n) is 4.63. The Morgan fingerprint density at radius 3 is 2.79 bits per heavy atom. The van der Waals surface area contributed by atoms with Gasteiger partial charge < -0.3 is 15.5 Å². The minimum Gasteiger partial charge on any atom is -0.330 e. The quantitative estimate of drug-likeness (QED) is 0.725. The van der Waals surface area contributed by atoms with E-state index in [1.807, 2.05) is 0 Å². The summed E-state index contributed by atoms with van der Waals surface area (Å²) in [5.41, 5.74) is 5.52. The molecule has 1 aliphatic heterocycles. The lowest BCUT2D eigenvalue weighted by atomic mass is 9.98. The monoisotopic (exact) mass is 199 g/mol. The lowest BCUT2D eigenvalue weighted by Crippen LogP contribution is -2.46. The van der Waals surface area contributed by atoms with Gasteiger partial charge in [-0.2, -0.15) is 0 Å². The summed E-state index contributed by atoms with van der Waals surface area (Å²) < 4.78 is 0. The molecule has 1 fully saturated rings. The first-order valence-electron chi connectivity index (χ1n) is 5.75. The van der Waals surface area contributed by atoms with Crippen LogP contribution in [0.5, 0.6) is 0 Å². The number of piperidine rings is 1. The van der Waals surface area contributed by atoms with Gasteiger partial charge in [-0.15, -0.1) is 0 Å². The summed E-state index contributed by atoms with van der Waals surface area (Å²) in [5.74, 6) is 0. The number of likely N-dealkylation sites (tertiary alicyclic amines) is 1. The van der Waals surface area contributed by atoms with Crippen molar-refractivity contribution in [3.8, 4) is 0 Å². The van der Waals surface area contributed by atoms with Gasteiger partial charge >= 0.3 is 0 Å². The Hall–Kier alpha value is -0.120. The van der Waals surface area contributed by atoms with E-state index < -0.39 is 0 Å². The van der Waals surface area contributed by atoms with Crippen molar-refractivity contribution in [2.45, 2.75) is 38.3 Å². The molecule has 0 amide bonds. The highest BCUT2D eigenvalue weighted by Gasteiger charge is 2.24. The summed E-state index contributed by atoms with van der Waals surface area (Å²) in [6.45, 7) is 5.52. The normalized spacial score (nSPS) is 29.8. The second kappa shape index (κ2) is 5.69. The molecule has 1 aliphatic rings. The predicted octanol–water partition coefficient (Wildman–Crippen LogP) is 0.750. The van der Waals surface area contributed by atoms with E-state index in [4.69, 9.17) is 5.73 Å². The molecule has 2 unspecified atom stereocenters. The molecule has 0 aliphatic carbocycles. The molecule has 2 atom stereocenters. The summed E-state index contributed by atoms with van der Waals surface area (Å²) in [5, 5.41) is 0. The standard InChI is InChI=1S/C11H25N3/c1-10-9-11(5-8-13(10)2)14(3)7-4-6-12/h10-11H,4-9,12H2,1-3H3. The molecular weight excluding hydrogens is 174 g/mol. The maximum atomic E-state index is 5.52. The van der Waals surface area contributed by atoms with Crippen LogP contribution in [0, 0.1) is 0 Å². The molecule has 3 nitrogen and oxygen atoms in total. The fraction of sp³-hybridized carbons (Fsp3) is 1.00. The van der Waals surface area contributed by atoms with Crippen LogP contribution < -0.4 is 5.73 Å². The predicted molar refractivity (Wildman–Crippen MR) is 61.4 cm³/mol. The van der Waals surface area contributed by atoms with Gasteiger partial charge in [0.15, 0.2) is 0 Å². The van der Waals surface area contributed by atoms with Crippen molar-refractivity contribution in [3.05, 3.63) is 0 Å². The van der Waals surface area contributed by atoms with Crippen LogP contribution in [0.25, 0.3) is 0 Å². The molecule has 3 heteroatoms. The molecule has 2 N–H and O–H groups in total.